The maximum Gasteiger partial charge on any atom is 0.329 e. The Labute approximate surface area is 372 Å². The summed E-state index contributed by atoms with van der Waals surface area (Å²) in [7, 11) is 1.49. The summed E-state index contributed by atoms with van der Waals surface area (Å²) in [6.07, 6.45) is 0.372. The molecule has 0 spiro atoms. The fourth-order valence-corrected chi connectivity index (χ4v) is 9.78. The van der Waals surface area contributed by atoms with Crippen LogP contribution >= 0.6 is 0 Å². The minimum atomic E-state index is -1.30. The van der Waals surface area contributed by atoms with Crippen molar-refractivity contribution in [1.29, 1.82) is 0 Å². The molecule has 0 bridgehead atoms. The molecule has 0 saturated carbocycles. The predicted molar refractivity (Wildman–Crippen MR) is 233 cm³/mol. The van der Waals surface area contributed by atoms with E-state index in [-0.39, 0.29) is 32.0 Å². The van der Waals surface area contributed by atoms with E-state index in [4.69, 9.17) is 9.47 Å². The highest BCUT2D eigenvalue weighted by atomic mass is 16.6. The summed E-state index contributed by atoms with van der Waals surface area (Å²) < 4.78 is 11.6. The van der Waals surface area contributed by atoms with Crippen molar-refractivity contribution in [3.8, 4) is 0 Å². The molecule has 4 heterocycles. The summed E-state index contributed by atoms with van der Waals surface area (Å²) in [6.45, 7) is 16.4. The van der Waals surface area contributed by atoms with Gasteiger partial charge in [0.2, 0.25) is 23.6 Å². The van der Waals surface area contributed by atoms with E-state index in [9.17, 15) is 38.4 Å². The fraction of sp³-hybridized carbons (Fsp3) is 0.702. The van der Waals surface area contributed by atoms with Crippen LogP contribution in [0.4, 0.5) is 0 Å². The van der Waals surface area contributed by atoms with Crippen LogP contribution in [0.3, 0.4) is 0 Å². The largest absolute Gasteiger partial charge is 0.452 e. The molecule has 10 atom stereocenters. The van der Waals surface area contributed by atoms with Crippen molar-refractivity contribution >= 4 is 47.4 Å². The number of hydrogen-bond donors (Lipinski definition) is 2. The van der Waals surface area contributed by atoms with Crippen LogP contribution < -0.4 is 10.6 Å². The molecular weight excluding hydrogens is 809 g/mol. The molecule has 5 rings (SSSR count). The van der Waals surface area contributed by atoms with Gasteiger partial charge in [-0.15, -0.1) is 0 Å². The van der Waals surface area contributed by atoms with E-state index in [2.05, 4.69) is 10.6 Å². The average Bonchev–Trinajstić information content (AvgIpc) is 4.04. The molecule has 0 aliphatic carbocycles. The number of carbonyl (C=O) groups is 8. The Morgan fingerprint density at radius 1 is 0.603 bits per heavy atom. The van der Waals surface area contributed by atoms with Gasteiger partial charge < -0.3 is 39.7 Å². The number of cyclic esters (lactones) is 2. The van der Waals surface area contributed by atoms with Gasteiger partial charge in [-0.05, 0) is 88.0 Å². The summed E-state index contributed by atoms with van der Waals surface area (Å²) >= 11 is 0. The number of amides is 6. The van der Waals surface area contributed by atoms with E-state index in [1.807, 2.05) is 51.1 Å². The second-order valence-electron chi connectivity index (χ2n) is 19.1. The zero-order valence-corrected chi connectivity index (χ0v) is 38.8. The van der Waals surface area contributed by atoms with Gasteiger partial charge in [0, 0.05) is 32.7 Å². The second-order valence-corrected chi connectivity index (χ2v) is 19.1. The number of carbonyl (C=O) groups excluding carboxylic acids is 8. The van der Waals surface area contributed by atoms with Gasteiger partial charge in [-0.1, -0.05) is 78.8 Å². The molecule has 2 N–H and O–H groups in total. The first-order valence-electron chi connectivity index (χ1n) is 23.0. The van der Waals surface area contributed by atoms with Crippen molar-refractivity contribution in [3.63, 3.8) is 0 Å². The third-order valence-electron chi connectivity index (χ3n) is 13.3. The van der Waals surface area contributed by atoms with Crippen LogP contribution in [0.15, 0.2) is 30.3 Å². The van der Waals surface area contributed by atoms with Gasteiger partial charge in [0.15, 0.2) is 12.2 Å². The normalized spacial score (nSPS) is 30.7. The molecule has 1 aromatic rings. The Morgan fingerprint density at radius 3 is 1.67 bits per heavy atom. The molecular formula is C47H70N6O10. The predicted octanol–water partition coefficient (Wildman–Crippen LogP) is 3.10. The van der Waals surface area contributed by atoms with E-state index in [1.165, 1.54) is 33.6 Å². The van der Waals surface area contributed by atoms with Crippen LogP contribution in [0.1, 0.15) is 106 Å². The van der Waals surface area contributed by atoms with Crippen molar-refractivity contribution in [1.82, 2.24) is 30.2 Å². The molecule has 0 aromatic heterocycles. The number of esters is 2. The molecule has 16 heteroatoms. The number of ether oxygens (including phenoxy) is 2. The summed E-state index contributed by atoms with van der Waals surface area (Å²) in [5.74, 6) is -7.03. The first-order chi connectivity index (χ1) is 29.7. The molecule has 63 heavy (non-hydrogen) atoms. The summed E-state index contributed by atoms with van der Waals surface area (Å²) in [4.78, 5) is 120. The quantitative estimate of drug-likeness (QED) is 0.402. The van der Waals surface area contributed by atoms with Crippen LogP contribution in [0.5, 0.6) is 0 Å². The van der Waals surface area contributed by atoms with Crippen molar-refractivity contribution in [3.05, 3.63) is 35.9 Å². The third-order valence-corrected chi connectivity index (χ3v) is 13.3. The summed E-state index contributed by atoms with van der Waals surface area (Å²) in [5.41, 5.74) is 0.954. The highest BCUT2D eigenvalue weighted by Crippen LogP contribution is 2.29. The number of likely N-dealkylation sites (N-methyl/N-ethyl adjacent to an activating group) is 1. The van der Waals surface area contributed by atoms with Gasteiger partial charge in [0.1, 0.15) is 30.2 Å². The minimum Gasteiger partial charge on any atom is -0.452 e. The highest BCUT2D eigenvalue weighted by Gasteiger charge is 2.47. The van der Waals surface area contributed by atoms with E-state index in [0.717, 1.165) is 5.56 Å². The first-order valence-corrected chi connectivity index (χ1v) is 23.0. The van der Waals surface area contributed by atoms with Crippen LogP contribution in [0.25, 0.3) is 0 Å². The molecule has 16 nitrogen and oxygen atoms in total. The molecule has 0 radical (unpaired) electrons. The SMILES string of the molecule is CC(C)[C@H]1OC(=O)[C@@H]2CCCN2C(=O)[C@H](C)OC(=O)[C@H](C)[C@H](C(C)C)NC(=O)[C@@H]2CCCN2C(=O)[C@@H]([C@H](C)Cc2ccccc2)NC(=O)[C@@H]2CCCN2C(=O)[C@@H](C(C)C)N(C)C1=O. The molecule has 1 aromatic carbocycles. The lowest BCUT2D eigenvalue weighted by atomic mass is 9.91. The van der Waals surface area contributed by atoms with Gasteiger partial charge in [0.05, 0.1) is 5.92 Å². The number of nitrogens with zero attached hydrogens (tertiary/aromatic N) is 4. The maximum atomic E-state index is 14.8. The summed E-state index contributed by atoms with van der Waals surface area (Å²) in [6, 6.07) is 3.91. The minimum absolute atomic E-state index is 0.206. The van der Waals surface area contributed by atoms with Crippen LogP contribution in [-0.4, -0.2) is 142 Å². The van der Waals surface area contributed by atoms with Gasteiger partial charge >= 0.3 is 11.9 Å². The number of benzene rings is 1. The molecule has 348 valence electrons. The molecule has 4 saturated heterocycles. The zero-order valence-electron chi connectivity index (χ0n) is 38.8. The first kappa shape index (κ1) is 49.0. The average molecular weight is 879 g/mol. The Morgan fingerprint density at radius 2 is 1.13 bits per heavy atom. The number of rotatable bonds is 6. The smallest absolute Gasteiger partial charge is 0.329 e. The number of fused-ring (bicyclic) bond motifs is 3. The van der Waals surface area contributed by atoms with Crippen molar-refractivity contribution in [2.45, 2.75) is 156 Å². The van der Waals surface area contributed by atoms with Gasteiger partial charge in [-0.25, -0.2) is 4.79 Å². The Hall–Kier alpha value is -5.02. The molecule has 4 aliphatic heterocycles. The number of nitrogens with one attached hydrogen (secondary N) is 2. The van der Waals surface area contributed by atoms with Crippen LogP contribution in [0, 0.1) is 29.6 Å². The number of hydrogen-bond acceptors (Lipinski definition) is 10. The topological polar surface area (TPSA) is 192 Å². The second kappa shape index (κ2) is 21.1. The van der Waals surface area contributed by atoms with Crippen molar-refractivity contribution < 1.29 is 47.8 Å². The molecule has 6 amide bonds. The van der Waals surface area contributed by atoms with E-state index in [0.29, 0.717) is 38.5 Å². The van der Waals surface area contributed by atoms with Crippen molar-refractivity contribution in [2.24, 2.45) is 29.6 Å². The van der Waals surface area contributed by atoms with Gasteiger partial charge in [-0.2, -0.15) is 0 Å². The fourth-order valence-electron chi connectivity index (χ4n) is 9.78. The van der Waals surface area contributed by atoms with Crippen LogP contribution in [0.2, 0.25) is 0 Å². The Kier molecular flexibility index (Phi) is 16.4. The maximum absolute atomic E-state index is 14.8. The lowest BCUT2D eigenvalue weighted by Gasteiger charge is -2.38. The Bertz CT molecular complexity index is 1860. The standard InChI is InChI=1S/C47H70N6O10/c1-26(2)36-30(8)46(60)62-31(9)42(56)53-24-16-21-35(53)47(61)63-39(28(5)6)45(59)50(10)38(27(3)4)44(58)52-23-15-20-34(52)41(55)49-37(29(7)25-32-17-12-11-13-18-32)43(57)51-22-14-19-33(51)40(54)48-36/h11-13,17-18,26-31,33-39H,14-16,19-25H2,1-10H3,(H,48,54)(H,49,55)/t29-,30-,31+,33+,34+,35+,36+,37-,38-,39-/m1/s1. The third kappa shape index (κ3) is 11.0. The molecule has 4 aliphatic rings. The lowest BCUT2D eigenvalue weighted by Crippen LogP contribution is -2.61. The van der Waals surface area contributed by atoms with Crippen molar-refractivity contribution in [2.75, 3.05) is 26.7 Å². The van der Waals surface area contributed by atoms with E-state index < -0.39 is 120 Å². The van der Waals surface area contributed by atoms with Gasteiger partial charge in [-0.3, -0.25) is 33.6 Å². The van der Waals surface area contributed by atoms with Crippen LogP contribution in [-0.2, 0) is 54.3 Å². The lowest BCUT2D eigenvalue weighted by molar-refractivity contribution is -0.172. The molecule has 4 fully saturated rings. The molecule has 0 unspecified atom stereocenters. The zero-order chi connectivity index (χ0) is 46.4. The highest BCUT2D eigenvalue weighted by molar-refractivity contribution is 5.97. The van der Waals surface area contributed by atoms with E-state index in [1.54, 1.807) is 34.6 Å². The summed E-state index contributed by atoms with van der Waals surface area (Å²) in [5, 5.41) is 6.05. The Balaban J connectivity index is 1.54. The van der Waals surface area contributed by atoms with E-state index >= 15 is 0 Å². The van der Waals surface area contributed by atoms with Gasteiger partial charge in [0.25, 0.3) is 11.8 Å². The monoisotopic (exact) mass is 879 g/mol.